The zero-order valence-electron chi connectivity index (χ0n) is 10.8. The number of piperidine rings is 1. The van der Waals surface area contributed by atoms with Crippen LogP contribution in [0.4, 0.5) is 4.39 Å². The minimum absolute atomic E-state index is 0.0566. The summed E-state index contributed by atoms with van der Waals surface area (Å²) in [7, 11) is 0. The summed E-state index contributed by atoms with van der Waals surface area (Å²) in [5, 5.41) is 8.61. The van der Waals surface area contributed by atoms with Crippen molar-refractivity contribution >= 4 is 21.9 Å². The van der Waals surface area contributed by atoms with Crippen LogP contribution in [0.5, 0.6) is 0 Å². The van der Waals surface area contributed by atoms with Crippen molar-refractivity contribution in [2.75, 3.05) is 19.6 Å². The number of rotatable bonds is 3. The lowest BCUT2D eigenvalue weighted by Gasteiger charge is -2.29. The first kappa shape index (κ1) is 14.9. The topological polar surface area (TPSA) is 53.3 Å². The normalized spacial score (nSPS) is 16.6. The Morgan fingerprint density at radius 1 is 1.50 bits per heavy atom. The van der Waals surface area contributed by atoms with Crippen molar-refractivity contribution < 1.29 is 13.9 Å². The molecule has 1 aliphatic rings. The minimum atomic E-state index is -0.637. The van der Waals surface area contributed by atoms with Gasteiger partial charge in [-0.2, -0.15) is 5.26 Å². The third kappa shape index (κ3) is 3.56. The van der Waals surface area contributed by atoms with E-state index in [0.29, 0.717) is 32.5 Å². The maximum Gasteiger partial charge on any atom is 0.341 e. The van der Waals surface area contributed by atoms with E-state index >= 15 is 0 Å². The molecule has 6 heteroatoms. The van der Waals surface area contributed by atoms with Crippen LogP contribution in [-0.4, -0.2) is 36.6 Å². The van der Waals surface area contributed by atoms with Gasteiger partial charge in [0, 0.05) is 13.1 Å². The maximum atomic E-state index is 13.8. The van der Waals surface area contributed by atoms with Crippen LogP contribution in [0.25, 0.3) is 0 Å². The highest BCUT2D eigenvalue weighted by Gasteiger charge is 2.24. The van der Waals surface area contributed by atoms with E-state index in [1.165, 1.54) is 12.1 Å². The summed E-state index contributed by atoms with van der Waals surface area (Å²) in [5.74, 6) is -1.23. The molecule has 0 radical (unpaired) electrons. The number of esters is 1. The molecule has 4 nitrogen and oxygen atoms in total. The standard InChI is InChI=1S/C14H14BrFN2O2/c15-12-3-1-2-11(13(12)16)14(19)20-10-4-7-18(8-5-10)9-6-17/h1-3,10H,4-5,7-9H2. The number of benzene rings is 1. The second-order valence-corrected chi connectivity index (χ2v) is 5.49. The molecule has 0 N–H and O–H groups in total. The Bertz CT molecular complexity index is 536. The van der Waals surface area contributed by atoms with Crippen LogP contribution < -0.4 is 0 Å². The average molecular weight is 341 g/mol. The van der Waals surface area contributed by atoms with Crippen molar-refractivity contribution in [1.82, 2.24) is 4.90 Å². The van der Waals surface area contributed by atoms with E-state index in [1.807, 2.05) is 4.90 Å². The molecule has 0 aromatic heterocycles. The summed E-state index contributed by atoms with van der Waals surface area (Å²) in [6.07, 6.45) is 1.13. The fourth-order valence-electron chi connectivity index (χ4n) is 2.16. The molecule has 2 rings (SSSR count). The number of hydrogen-bond acceptors (Lipinski definition) is 4. The highest BCUT2D eigenvalue weighted by atomic mass is 79.9. The van der Waals surface area contributed by atoms with Gasteiger partial charge in [0.2, 0.25) is 0 Å². The summed E-state index contributed by atoms with van der Waals surface area (Å²) in [6.45, 7) is 1.82. The molecule has 0 saturated carbocycles. The molecule has 0 aliphatic carbocycles. The van der Waals surface area contributed by atoms with Gasteiger partial charge in [-0.25, -0.2) is 9.18 Å². The zero-order chi connectivity index (χ0) is 14.5. The maximum absolute atomic E-state index is 13.8. The predicted octanol–water partition coefficient (Wildman–Crippen LogP) is 2.73. The van der Waals surface area contributed by atoms with Crippen molar-refractivity contribution in [1.29, 1.82) is 5.26 Å². The Morgan fingerprint density at radius 2 is 2.20 bits per heavy atom. The Kier molecular flexibility index (Phi) is 5.10. The molecule has 0 spiro atoms. The van der Waals surface area contributed by atoms with E-state index in [9.17, 15) is 9.18 Å². The van der Waals surface area contributed by atoms with Crippen molar-refractivity contribution in [2.45, 2.75) is 18.9 Å². The van der Waals surface area contributed by atoms with Gasteiger partial charge in [-0.3, -0.25) is 4.90 Å². The molecule has 0 atom stereocenters. The third-order valence-electron chi connectivity index (χ3n) is 3.27. The first-order chi connectivity index (χ1) is 9.61. The molecule has 1 aliphatic heterocycles. The second kappa shape index (κ2) is 6.82. The Hall–Kier alpha value is -1.45. The summed E-state index contributed by atoms with van der Waals surface area (Å²) < 4.78 is 19.4. The highest BCUT2D eigenvalue weighted by molar-refractivity contribution is 9.10. The predicted molar refractivity (Wildman–Crippen MR) is 74.6 cm³/mol. The largest absolute Gasteiger partial charge is 0.459 e. The average Bonchev–Trinajstić information content (AvgIpc) is 2.44. The van der Waals surface area contributed by atoms with Crippen molar-refractivity contribution in [3.8, 4) is 6.07 Å². The van der Waals surface area contributed by atoms with Crippen LogP contribution in [0.3, 0.4) is 0 Å². The zero-order valence-corrected chi connectivity index (χ0v) is 12.4. The molecule has 1 aromatic rings. The number of carbonyl (C=O) groups is 1. The molecule has 1 heterocycles. The van der Waals surface area contributed by atoms with Crippen molar-refractivity contribution in [3.05, 3.63) is 34.1 Å². The number of likely N-dealkylation sites (tertiary alicyclic amines) is 1. The molecule has 1 saturated heterocycles. The number of carbonyl (C=O) groups excluding carboxylic acids is 1. The van der Waals surface area contributed by atoms with Gasteiger partial charge in [0.05, 0.1) is 22.7 Å². The van der Waals surface area contributed by atoms with Crippen molar-refractivity contribution in [2.24, 2.45) is 0 Å². The Morgan fingerprint density at radius 3 is 2.85 bits per heavy atom. The molecule has 1 aromatic carbocycles. The molecule has 106 valence electrons. The van der Waals surface area contributed by atoms with Crippen LogP contribution in [0.15, 0.2) is 22.7 Å². The SMILES string of the molecule is N#CCN1CCC(OC(=O)c2cccc(Br)c2F)CC1. The quantitative estimate of drug-likeness (QED) is 0.627. The van der Waals surface area contributed by atoms with Gasteiger partial charge in [0.1, 0.15) is 6.10 Å². The lowest BCUT2D eigenvalue weighted by atomic mass is 10.1. The van der Waals surface area contributed by atoms with Gasteiger partial charge in [0.15, 0.2) is 5.82 Å². The summed E-state index contributed by atoms with van der Waals surface area (Å²) in [5.41, 5.74) is -0.0566. The van der Waals surface area contributed by atoms with Crippen LogP contribution in [0, 0.1) is 17.1 Å². The lowest BCUT2D eigenvalue weighted by molar-refractivity contribution is 0.0122. The van der Waals surface area contributed by atoms with Gasteiger partial charge in [-0.05, 0) is 40.9 Å². The van der Waals surface area contributed by atoms with Gasteiger partial charge < -0.3 is 4.74 Å². The third-order valence-corrected chi connectivity index (χ3v) is 3.89. The Labute approximate surface area is 125 Å². The fraction of sp³-hybridized carbons (Fsp3) is 0.429. The lowest BCUT2D eigenvalue weighted by Crippen LogP contribution is -2.38. The van der Waals surface area contributed by atoms with Gasteiger partial charge >= 0.3 is 5.97 Å². The number of hydrogen-bond donors (Lipinski definition) is 0. The fourth-order valence-corrected chi connectivity index (χ4v) is 2.53. The van der Waals surface area contributed by atoms with Gasteiger partial charge in [-0.15, -0.1) is 0 Å². The molecule has 0 bridgehead atoms. The summed E-state index contributed by atoms with van der Waals surface area (Å²) >= 11 is 3.04. The number of nitriles is 1. The van der Waals surface area contributed by atoms with Crippen LogP contribution in [0.1, 0.15) is 23.2 Å². The second-order valence-electron chi connectivity index (χ2n) is 4.64. The monoisotopic (exact) mass is 340 g/mol. The Balaban J connectivity index is 1.93. The molecular formula is C14H14BrFN2O2. The smallest absolute Gasteiger partial charge is 0.341 e. The first-order valence-corrected chi connectivity index (χ1v) is 7.15. The van der Waals surface area contributed by atoms with E-state index in [4.69, 9.17) is 10.00 Å². The van der Waals surface area contributed by atoms with Gasteiger partial charge in [0.25, 0.3) is 0 Å². The first-order valence-electron chi connectivity index (χ1n) is 6.36. The molecule has 0 unspecified atom stereocenters. The van der Waals surface area contributed by atoms with Crippen LogP contribution >= 0.6 is 15.9 Å². The molecule has 0 amide bonds. The van der Waals surface area contributed by atoms with E-state index in [0.717, 1.165) is 0 Å². The summed E-state index contributed by atoms with van der Waals surface area (Å²) in [6, 6.07) is 6.64. The minimum Gasteiger partial charge on any atom is -0.459 e. The highest BCUT2D eigenvalue weighted by Crippen LogP contribution is 2.21. The summed E-state index contributed by atoms with van der Waals surface area (Å²) in [4.78, 5) is 13.9. The van der Waals surface area contributed by atoms with Crippen LogP contribution in [0.2, 0.25) is 0 Å². The van der Waals surface area contributed by atoms with E-state index < -0.39 is 11.8 Å². The molecule has 1 fully saturated rings. The van der Waals surface area contributed by atoms with Gasteiger partial charge in [-0.1, -0.05) is 6.07 Å². The molecular weight excluding hydrogens is 327 g/mol. The van der Waals surface area contributed by atoms with Crippen molar-refractivity contribution in [3.63, 3.8) is 0 Å². The number of nitrogens with zero attached hydrogens (tertiary/aromatic N) is 2. The van der Waals surface area contributed by atoms with E-state index in [1.54, 1.807) is 6.07 Å². The number of ether oxygens (including phenoxy) is 1. The van der Waals surface area contributed by atoms with Crippen LogP contribution in [-0.2, 0) is 4.74 Å². The van der Waals surface area contributed by atoms with E-state index in [-0.39, 0.29) is 16.1 Å². The number of halogens is 2. The van der Waals surface area contributed by atoms with E-state index in [2.05, 4.69) is 22.0 Å². The molecule has 20 heavy (non-hydrogen) atoms.